The molecule has 102 valence electrons. The molecule has 0 atom stereocenters. The maximum absolute atomic E-state index is 11.7. The van der Waals surface area contributed by atoms with E-state index in [9.17, 15) is 4.79 Å². The van der Waals surface area contributed by atoms with Crippen molar-refractivity contribution in [2.75, 3.05) is 5.73 Å². The Hall–Kier alpha value is -2.62. The molecule has 0 radical (unpaired) electrons. The number of carbonyl (C=O) groups is 1. The van der Waals surface area contributed by atoms with Crippen LogP contribution in [0.15, 0.2) is 48.5 Å². The molecule has 1 heterocycles. The third-order valence-electron chi connectivity index (χ3n) is 2.75. The van der Waals surface area contributed by atoms with Crippen LogP contribution >= 0.6 is 0 Å². The van der Waals surface area contributed by atoms with Crippen LogP contribution in [0.4, 0.5) is 5.69 Å². The van der Waals surface area contributed by atoms with Crippen LogP contribution in [0.25, 0.3) is 6.08 Å². The summed E-state index contributed by atoms with van der Waals surface area (Å²) in [4.78, 5) is 16.0. The summed E-state index contributed by atoms with van der Waals surface area (Å²) >= 11 is 0. The van der Waals surface area contributed by atoms with E-state index in [4.69, 9.17) is 5.73 Å². The van der Waals surface area contributed by atoms with Gasteiger partial charge in [0.05, 0.1) is 12.2 Å². The van der Waals surface area contributed by atoms with Crippen molar-refractivity contribution in [3.8, 4) is 0 Å². The van der Waals surface area contributed by atoms with Crippen LogP contribution in [0.5, 0.6) is 0 Å². The van der Waals surface area contributed by atoms with Crippen LogP contribution in [-0.4, -0.2) is 10.9 Å². The summed E-state index contributed by atoms with van der Waals surface area (Å²) in [5.74, 6) is -0.148. The molecule has 0 aliphatic rings. The third-order valence-corrected chi connectivity index (χ3v) is 2.75. The molecule has 0 aliphatic heterocycles. The predicted molar refractivity (Wildman–Crippen MR) is 80.7 cm³/mol. The molecule has 2 rings (SSSR count). The molecule has 0 aliphatic carbocycles. The van der Waals surface area contributed by atoms with Gasteiger partial charge in [-0.3, -0.25) is 9.78 Å². The van der Waals surface area contributed by atoms with Crippen molar-refractivity contribution in [3.05, 3.63) is 65.5 Å². The molecule has 4 nitrogen and oxygen atoms in total. The Balaban J connectivity index is 1.88. The second kappa shape index (κ2) is 6.52. The summed E-state index contributed by atoms with van der Waals surface area (Å²) in [6.07, 6.45) is 3.25. The van der Waals surface area contributed by atoms with Gasteiger partial charge in [0.1, 0.15) is 0 Å². The largest absolute Gasteiger partial charge is 0.399 e. The summed E-state index contributed by atoms with van der Waals surface area (Å²) in [5.41, 5.74) is 9.02. The number of nitrogen functional groups attached to an aromatic ring is 1. The Bertz CT molecular complexity index is 618. The van der Waals surface area contributed by atoms with Crippen LogP contribution in [-0.2, 0) is 11.3 Å². The maximum Gasteiger partial charge on any atom is 0.244 e. The fraction of sp³-hybridized carbons (Fsp3) is 0.125. The number of aromatic nitrogens is 1. The van der Waals surface area contributed by atoms with Crippen LogP contribution in [0, 0.1) is 6.92 Å². The van der Waals surface area contributed by atoms with E-state index in [1.54, 1.807) is 18.2 Å². The van der Waals surface area contributed by atoms with E-state index in [1.807, 2.05) is 37.3 Å². The molecule has 0 unspecified atom stereocenters. The number of hydrogen-bond acceptors (Lipinski definition) is 3. The molecule has 0 saturated heterocycles. The number of amides is 1. The Kier molecular flexibility index (Phi) is 4.50. The highest BCUT2D eigenvalue weighted by atomic mass is 16.1. The summed E-state index contributed by atoms with van der Waals surface area (Å²) in [5, 5.41) is 2.79. The second-order valence-corrected chi connectivity index (χ2v) is 4.49. The van der Waals surface area contributed by atoms with Crippen molar-refractivity contribution in [1.29, 1.82) is 0 Å². The number of nitrogens with two attached hydrogens (primary N) is 1. The van der Waals surface area contributed by atoms with Crippen LogP contribution in [0.3, 0.4) is 0 Å². The van der Waals surface area contributed by atoms with Gasteiger partial charge in [-0.15, -0.1) is 0 Å². The predicted octanol–water partition coefficient (Wildman–Crippen LogP) is 2.30. The minimum absolute atomic E-state index is 0.148. The van der Waals surface area contributed by atoms with Crippen molar-refractivity contribution in [2.45, 2.75) is 13.5 Å². The lowest BCUT2D eigenvalue weighted by molar-refractivity contribution is -0.116. The Labute approximate surface area is 118 Å². The molecule has 1 aromatic carbocycles. The van der Waals surface area contributed by atoms with Gasteiger partial charge in [0.25, 0.3) is 0 Å². The van der Waals surface area contributed by atoms with Gasteiger partial charge in [-0.25, -0.2) is 0 Å². The number of rotatable bonds is 4. The minimum Gasteiger partial charge on any atom is -0.399 e. The first-order chi connectivity index (χ1) is 9.63. The molecule has 0 spiro atoms. The normalized spacial score (nSPS) is 10.7. The van der Waals surface area contributed by atoms with E-state index in [0.29, 0.717) is 12.2 Å². The number of hydrogen-bond donors (Lipinski definition) is 2. The lowest BCUT2D eigenvalue weighted by Crippen LogP contribution is -2.20. The average Bonchev–Trinajstić information content (AvgIpc) is 2.45. The van der Waals surface area contributed by atoms with E-state index in [0.717, 1.165) is 17.0 Å². The van der Waals surface area contributed by atoms with Crippen LogP contribution in [0.1, 0.15) is 17.0 Å². The minimum atomic E-state index is -0.148. The number of benzene rings is 1. The molecular weight excluding hydrogens is 250 g/mol. The van der Waals surface area contributed by atoms with Gasteiger partial charge in [-0.1, -0.05) is 18.2 Å². The van der Waals surface area contributed by atoms with Crippen molar-refractivity contribution in [3.63, 3.8) is 0 Å². The van der Waals surface area contributed by atoms with Gasteiger partial charge in [0.2, 0.25) is 5.91 Å². The van der Waals surface area contributed by atoms with Crippen molar-refractivity contribution in [1.82, 2.24) is 10.3 Å². The zero-order valence-corrected chi connectivity index (χ0v) is 11.3. The first-order valence-corrected chi connectivity index (χ1v) is 6.37. The van der Waals surface area contributed by atoms with Crippen LogP contribution < -0.4 is 11.1 Å². The standard InChI is InChI=1S/C16H17N3O/c1-12-3-2-4-15(19-12)11-18-16(20)10-7-13-5-8-14(17)9-6-13/h2-10H,11,17H2,1H3,(H,18,20)/b10-7+. The first kappa shape index (κ1) is 13.8. The molecule has 2 aromatic rings. The van der Waals surface area contributed by atoms with E-state index >= 15 is 0 Å². The van der Waals surface area contributed by atoms with E-state index < -0.39 is 0 Å². The van der Waals surface area contributed by atoms with Crippen molar-refractivity contribution < 1.29 is 4.79 Å². The molecule has 1 amide bonds. The lowest BCUT2D eigenvalue weighted by atomic mass is 10.2. The molecule has 0 fully saturated rings. The Morgan fingerprint density at radius 1 is 1.25 bits per heavy atom. The van der Waals surface area contributed by atoms with Gasteiger partial charge in [0.15, 0.2) is 0 Å². The molecule has 0 saturated carbocycles. The monoisotopic (exact) mass is 267 g/mol. The maximum atomic E-state index is 11.7. The lowest BCUT2D eigenvalue weighted by Gasteiger charge is -2.02. The zero-order valence-electron chi connectivity index (χ0n) is 11.3. The van der Waals surface area contributed by atoms with Gasteiger partial charge >= 0.3 is 0 Å². The topological polar surface area (TPSA) is 68.0 Å². The number of carbonyl (C=O) groups excluding carboxylic acids is 1. The van der Waals surface area contributed by atoms with Gasteiger partial charge in [0, 0.05) is 17.5 Å². The molecule has 0 bridgehead atoms. The SMILES string of the molecule is Cc1cccc(CNC(=O)/C=C/c2ccc(N)cc2)n1. The van der Waals surface area contributed by atoms with E-state index in [1.165, 1.54) is 6.08 Å². The zero-order chi connectivity index (χ0) is 14.4. The summed E-state index contributed by atoms with van der Waals surface area (Å²) in [6.45, 7) is 2.35. The molecule has 3 N–H and O–H groups in total. The highest BCUT2D eigenvalue weighted by Crippen LogP contribution is 2.06. The van der Waals surface area contributed by atoms with Gasteiger partial charge in [-0.05, 0) is 42.8 Å². The highest BCUT2D eigenvalue weighted by Gasteiger charge is 1.98. The highest BCUT2D eigenvalue weighted by molar-refractivity contribution is 5.91. The molecule has 1 aromatic heterocycles. The van der Waals surface area contributed by atoms with E-state index in [-0.39, 0.29) is 5.91 Å². The van der Waals surface area contributed by atoms with Crippen LogP contribution in [0.2, 0.25) is 0 Å². The van der Waals surface area contributed by atoms with E-state index in [2.05, 4.69) is 10.3 Å². The second-order valence-electron chi connectivity index (χ2n) is 4.49. The quantitative estimate of drug-likeness (QED) is 0.659. The van der Waals surface area contributed by atoms with Gasteiger partial charge < -0.3 is 11.1 Å². The summed E-state index contributed by atoms with van der Waals surface area (Å²) < 4.78 is 0. The number of nitrogens with one attached hydrogen (secondary N) is 1. The molecular formula is C16H17N3O. The number of anilines is 1. The van der Waals surface area contributed by atoms with Crippen molar-refractivity contribution in [2.24, 2.45) is 0 Å². The number of nitrogens with zero attached hydrogens (tertiary/aromatic N) is 1. The Morgan fingerprint density at radius 2 is 2.00 bits per heavy atom. The number of aryl methyl sites for hydroxylation is 1. The average molecular weight is 267 g/mol. The van der Waals surface area contributed by atoms with Crippen molar-refractivity contribution >= 4 is 17.7 Å². The Morgan fingerprint density at radius 3 is 2.70 bits per heavy atom. The molecule has 20 heavy (non-hydrogen) atoms. The summed E-state index contributed by atoms with van der Waals surface area (Å²) in [7, 11) is 0. The third kappa shape index (κ3) is 4.24. The first-order valence-electron chi connectivity index (χ1n) is 6.37. The smallest absolute Gasteiger partial charge is 0.244 e. The fourth-order valence-corrected chi connectivity index (χ4v) is 1.71. The van der Waals surface area contributed by atoms with Gasteiger partial charge in [-0.2, -0.15) is 0 Å². The fourth-order valence-electron chi connectivity index (χ4n) is 1.71. The number of pyridine rings is 1. The molecule has 4 heteroatoms. The summed E-state index contributed by atoms with van der Waals surface area (Å²) in [6, 6.07) is 13.1.